The van der Waals surface area contributed by atoms with E-state index in [-0.39, 0.29) is 0 Å². The van der Waals surface area contributed by atoms with Crippen LogP contribution >= 0.6 is 0 Å². The Morgan fingerprint density at radius 3 is 2.68 bits per heavy atom. The third-order valence-electron chi connectivity index (χ3n) is 5.39. The Balaban J connectivity index is 1.60. The van der Waals surface area contributed by atoms with Crippen molar-refractivity contribution in [3.8, 4) is 0 Å². The Kier molecular flexibility index (Phi) is 4.74. The van der Waals surface area contributed by atoms with Crippen LogP contribution in [-0.2, 0) is 4.74 Å². The van der Waals surface area contributed by atoms with Crippen molar-refractivity contribution >= 4 is 0 Å². The van der Waals surface area contributed by atoms with Gasteiger partial charge in [0.1, 0.15) is 0 Å². The van der Waals surface area contributed by atoms with Crippen LogP contribution in [0.15, 0.2) is 0 Å². The standard InChI is InChI=1S/C15H29N3O/c16-11-15(13-4-9-19-10-5-13)18-8-7-17-6-2-1-3-14(17)12-18/h13-15H,1-12,16H2. The summed E-state index contributed by atoms with van der Waals surface area (Å²) >= 11 is 0. The Hall–Kier alpha value is -0.160. The molecule has 0 aliphatic carbocycles. The minimum Gasteiger partial charge on any atom is -0.381 e. The van der Waals surface area contributed by atoms with Gasteiger partial charge >= 0.3 is 0 Å². The molecule has 2 N–H and O–H groups in total. The minimum atomic E-state index is 0.591. The monoisotopic (exact) mass is 267 g/mol. The fourth-order valence-electron chi connectivity index (χ4n) is 4.22. The Morgan fingerprint density at radius 1 is 1.05 bits per heavy atom. The molecule has 0 aromatic carbocycles. The molecule has 3 heterocycles. The van der Waals surface area contributed by atoms with Crippen molar-refractivity contribution in [1.82, 2.24) is 9.80 Å². The van der Waals surface area contributed by atoms with Gasteiger partial charge in [0.05, 0.1) is 0 Å². The maximum atomic E-state index is 6.11. The van der Waals surface area contributed by atoms with Gasteiger partial charge in [0.2, 0.25) is 0 Å². The number of ether oxygens (including phenoxy) is 1. The Labute approximate surface area is 117 Å². The number of nitrogens with zero attached hydrogens (tertiary/aromatic N) is 2. The highest BCUT2D eigenvalue weighted by Crippen LogP contribution is 2.27. The van der Waals surface area contributed by atoms with E-state index in [9.17, 15) is 0 Å². The maximum Gasteiger partial charge on any atom is 0.0469 e. The Bertz CT molecular complexity index is 281. The van der Waals surface area contributed by atoms with Crippen molar-refractivity contribution in [2.75, 3.05) is 45.9 Å². The molecule has 4 nitrogen and oxygen atoms in total. The van der Waals surface area contributed by atoms with E-state index in [2.05, 4.69) is 9.80 Å². The average molecular weight is 267 g/mol. The number of fused-ring (bicyclic) bond motifs is 1. The summed E-state index contributed by atoms with van der Waals surface area (Å²) in [5, 5.41) is 0. The van der Waals surface area contributed by atoms with Crippen molar-refractivity contribution < 1.29 is 4.74 Å². The second kappa shape index (κ2) is 6.53. The van der Waals surface area contributed by atoms with E-state index in [1.165, 1.54) is 58.3 Å². The van der Waals surface area contributed by atoms with Crippen LogP contribution in [0.2, 0.25) is 0 Å². The molecule has 0 amide bonds. The van der Waals surface area contributed by atoms with Gasteiger partial charge in [-0.2, -0.15) is 0 Å². The molecule has 3 fully saturated rings. The van der Waals surface area contributed by atoms with Gasteiger partial charge in [0, 0.05) is 51.5 Å². The molecule has 3 aliphatic heterocycles. The molecule has 2 unspecified atom stereocenters. The molecule has 3 rings (SSSR count). The molecule has 0 aromatic heterocycles. The lowest BCUT2D eigenvalue weighted by atomic mass is 9.89. The van der Waals surface area contributed by atoms with Gasteiger partial charge in [0.15, 0.2) is 0 Å². The quantitative estimate of drug-likeness (QED) is 0.825. The summed E-state index contributed by atoms with van der Waals surface area (Å²) in [6.07, 6.45) is 6.61. The number of piperidine rings is 1. The van der Waals surface area contributed by atoms with Crippen LogP contribution in [0.1, 0.15) is 32.1 Å². The van der Waals surface area contributed by atoms with E-state index in [0.717, 1.165) is 31.7 Å². The van der Waals surface area contributed by atoms with E-state index < -0.39 is 0 Å². The molecule has 110 valence electrons. The summed E-state index contributed by atoms with van der Waals surface area (Å²) in [5.41, 5.74) is 6.11. The largest absolute Gasteiger partial charge is 0.381 e. The van der Waals surface area contributed by atoms with Crippen molar-refractivity contribution in [2.45, 2.75) is 44.2 Å². The van der Waals surface area contributed by atoms with Crippen LogP contribution < -0.4 is 5.73 Å². The van der Waals surface area contributed by atoms with E-state index in [1.807, 2.05) is 0 Å². The highest BCUT2D eigenvalue weighted by molar-refractivity contribution is 4.90. The van der Waals surface area contributed by atoms with Crippen LogP contribution in [-0.4, -0.2) is 67.8 Å². The molecule has 3 saturated heterocycles. The van der Waals surface area contributed by atoms with Gasteiger partial charge in [0.25, 0.3) is 0 Å². The molecule has 0 radical (unpaired) electrons. The fraction of sp³-hybridized carbons (Fsp3) is 1.00. The van der Waals surface area contributed by atoms with Crippen molar-refractivity contribution in [2.24, 2.45) is 11.7 Å². The molecular formula is C15H29N3O. The second-order valence-corrected chi connectivity index (χ2v) is 6.43. The predicted molar refractivity (Wildman–Crippen MR) is 77.2 cm³/mol. The fourth-order valence-corrected chi connectivity index (χ4v) is 4.22. The van der Waals surface area contributed by atoms with Crippen LogP contribution in [0.4, 0.5) is 0 Å². The first-order chi connectivity index (χ1) is 9.38. The van der Waals surface area contributed by atoms with Gasteiger partial charge in [-0.05, 0) is 38.1 Å². The van der Waals surface area contributed by atoms with Crippen LogP contribution in [0, 0.1) is 5.92 Å². The second-order valence-electron chi connectivity index (χ2n) is 6.43. The van der Waals surface area contributed by atoms with Gasteiger partial charge in [-0.15, -0.1) is 0 Å². The summed E-state index contributed by atoms with van der Waals surface area (Å²) in [6.45, 7) is 7.73. The molecular weight excluding hydrogens is 238 g/mol. The number of nitrogens with two attached hydrogens (primary N) is 1. The summed E-state index contributed by atoms with van der Waals surface area (Å²) in [6, 6.07) is 1.39. The maximum absolute atomic E-state index is 6.11. The van der Waals surface area contributed by atoms with Crippen molar-refractivity contribution in [3.63, 3.8) is 0 Å². The van der Waals surface area contributed by atoms with Crippen molar-refractivity contribution in [3.05, 3.63) is 0 Å². The number of hydrogen-bond acceptors (Lipinski definition) is 4. The molecule has 19 heavy (non-hydrogen) atoms. The van der Waals surface area contributed by atoms with E-state index in [1.54, 1.807) is 0 Å². The van der Waals surface area contributed by atoms with Gasteiger partial charge in [-0.1, -0.05) is 6.42 Å². The lowest BCUT2D eigenvalue weighted by molar-refractivity contribution is -0.0126. The van der Waals surface area contributed by atoms with Gasteiger partial charge in [-0.3, -0.25) is 9.80 Å². The smallest absolute Gasteiger partial charge is 0.0469 e. The molecule has 0 bridgehead atoms. The molecule has 3 aliphatic rings. The minimum absolute atomic E-state index is 0.591. The zero-order valence-electron chi connectivity index (χ0n) is 12.1. The average Bonchev–Trinajstić information content (AvgIpc) is 2.49. The normalized spacial score (nSPS) is 33.0. The van der Waals surface area contributed by atoms with Gasteiger partial charge in [-0.25, -0.2) is 0 Å². The van der Waals surface area contributed by atoms with Crippen LogP contribution in [0.3, 0.4) is 0 Å². The Morgan fingerprint density at radius 2 is 1.89 bits per heavy atom. The summed E-state index contributed by atoms with van der Waals surface area (Å²) in [5.74, 6) is 0.758. The van der Waals surface area contributed by atoms with E-state index in [0.29, 0.717) is 6.04 Å². The molecule has 0 aromatic rings. The first kappa shape index (κ1) is 13.8. The lowest BCUT2D eigenvalue weighted by Gasteiger charge is -2.48. The highest BCUT2D eigenvalue weighted by atomic mass is 16.5. The summed E-state index contributed by atoms with van der Waals surface area (Å²) < 4.78 is 5.50. The first-order valence-corrected chi connectivity index (χ1v) is 8.14. The third kappa shape index (κ3) is 3.13. The first-order valence-electron chi connectivity index (χ1n) is 8.14. The summed E-state index contributed by atoms with van der Waals surface area (Å²) in [4.78, 5) is 5.40. The third-order valence-corrected chi connectivity index (χ3v) is 5.39. The summed E-state index contributed by atoms with van der Waals surface area (Å²) in [7, 11) is 0. The number of hydrogen-bond donors (Lipinski definition) is 1. The number of piperazine rings is 1. The zero-order chi connectivity index (χ0) is 13.1. The molecule has 0 spiro atoms. The lowest BCUT2D eigenvalue weighted by Crippen LogP contribution is -2.60. The van der Waals surface area contributed by atoms with Crippen LogP contribution in [0.5, 0.6) is 0 Å². The zero-order valence-corrected chi connectivity index (χ0v) is 12.1. The highest BCUT2D eigenvalue weighted by Gasteiger charge is 2.34. The van der Waals surface area contributed by atoms with E-state index >= 15 is 0 Å². The van der Waals surface area contributed by atoms with Crippen molar-refractivity contribution in [1.29, 1.82) is 0 Å². The van der Waals surface area contributed by atoms with Crippen LogP contribution in [0.25, 0.3) is 0 Å². The molecule has 0 saturated carbocycles. The van der Waals surface area contributed by atoms with E-state index in [4.69, 9.17) is 10.5 Å². The predicted octanol–water partition coefficient (Wildman–Crippen LogP) is 0.910. The number of rotatable bonds is 3. The molecule has 2 atom stereocenters. The molecule has 4 heteroatoms. The SMILES string of the molecule is NCC(C1CCOCC1)N1CCN2CCCCC2C1. The topological polar surface area (TPSA) is 41.7 Å². The van der Waals surface area contributed by atoms with Gasteiger partial charge < -0.3 is 10.5 Å².